The predicted octanol–water partition coefficient (Wildman–Crippen LogP) is 2.01. The number of nitrogen functional groups attached to an aromatic ring is 1. The van der Waals surface area contributed by atoms with Gasteiger partial charge in [0.05, 0.1) is 4.90 Å². The summed E-state index contributed by atoms with van der Waals surface area (Å²) in [5.74, 6) is 1.97. The lowest BCUT2D eigenvalue weighted by molar-refractivity contribution is 0.543. The van der Waals surface area contributed by atoms with Gasteiger partial charge in [-0.2, -0.15) is 11.8 Å². The molecule has 1 aliphatic heterocycles. The molecule has 3 N–H and O–H groups in total. The smallest absolute Gasteiger partial charge is 0.240 e. The van der Waals surface area contributed by atoms with Gasteiger partial charge in [0, 0.05) is 17.5 Å². The summed E-state index contributed by atoms with van der Waals surface area (Å²) in [5, 5.41) is 0. The summed E-state index contributed by atoms with van der Waals surface area (Å²) in [6.07, 6.45) is 2.78. The Morgan fingerprint density at radius 2 is 2.26 bits per heavy atom. The molecule has 19 heavy (non-hydrogen) atoms. The van der Waals surface area contributed by atoms with Gasteiger partial charge in [-0.15, -0.1) is 0 Å². The third-order valence-corrected chi connectivity index (χ3v) is 6.02. The third kappa shape index (κ3) is 3.64. The molecule has 0 amide bonds. The van der Waals surface area contributed by atoms with Gasteiger partial charge in [0.15, 0.2) is 0 Å². The number of sulfonamides is 1. The van der Waals surface area contributed by atoms with E-state index in [1.807, 2.05) is 6.92 Å². The molecule has 106 valence electrons. The van der Waals surface area contributed by atoms with Crippen molar-refractivity contribution >= 4 is 27.5 Å². The summed E-state index contributed by atoms with van der Waals surface area (Å²) in [6, 6.07) is 5.01. The zero-order chi connectivity index (χ0) is 13.9. The molecule has 0 spiro atoms. The number of thioether (sulfide) groups is 1. The van der Waals surface area contributed by atoms with E-state index >= 15 is 0 Å². The van der Waals surface area contributed by atoms with Crippen molar-refractivity contribution < 1.29 is 8.42 Å². The number of hydrogen-bond donors (Lipinski definition) is 2. The number of benzene rings is 1. The average Bonchev–Trinajstić information content (AvgIpc) is 2.39. The lowest BCUT2D eigenvalue weighted by Crippen LogP contribution is -2.38. The van der Waals surface area contributed by atoms with Crippen LogP contribution in [-0.4, -0.2) is 26.0 Å². The standard InChI is InChI=1S/C13H20N2O2S2/c1-2-10-5-6-12(8-13(10)14)19(16,17)15-11-4-3-7-18-9-11/h5-6,8,11,15H,2-4,7,9,14H2,1H3. The molecule has 0 radical (unpaired) electrons. The highest BCUT2D eigenvalue weighted by Crippen LogP contribution is 2.21. The van der Waals surface area contributed by atoms with Crippen LogP contribution in [0.25, 0.3) is 0 Å². The minimum absolute atomic E-state index is 0.0378. The molecule has 1 aliphatic rings. The van der Waals surface area contributed by atoms with E-state index in [-0.39, 0.29) is 10.9 Å². The lowest BCUT2D eigenvalue weighted by Gasteiger charge is -2.22. The van der Waals surface area contributed by atoms with Crippen LogP contribution in [0, 0.1) is 0 Å². The summed E-state index contributed by atoms with van der Waals surface area (Å²) >= 11 is 1.80. The van der Waals surface area contributed by atoms with Crippen molar-refractivity contribution in [2.45, 2.75) is 37.1 Å². The molecule has 1 aromatic carbocycles. The lowest BCUT2D eigenvalue weighted by atomic mass is 10.1. The van der Waals surface area contributed by atoms with Crippen LogP contribution in [0.4, 0.5) is 5.69 Å². The minimum Gasteiger partial charge on any atom is -0.398 e. The minimum atomic E-state index is -3.45. The number of anilines is 1. The van der Waals surface area contributed by atoms with Crippen LogP contribution in [0.1, 0.15) is 25.3 Å². The van der Waals surface area contributed by atoms with Crippen molar-refractivity contribution in [1.29, 1.82) is 0 Å². The van der Waals surface area contributed by atoms with Gasteiger partial charge >= 0.3 is 0 Å². The second kappa shape index (κ2) is 6.15. The first-order valence-corrected chi connectivity index (χ1v) is 9.15. The van der Waals surface area contributed by atoms with Crippen LogP contribution >= 0.6 is 11.8 Å². The quantitative estimate of drug-likeness (QED) is 0.834. The zero-order valence-electron chi connectivity index (χ0n) is 11.1. The van der Waals surface area contributed by atoms with Gasteiger partial charge in [0.25, 0.3) is 0 Å². The summed E-state index contributed by atoms with van der Waals surface area (Å²) in [6.45, 7) is 2.00. The fourth-order valence-corrected chi connectivity index (χ4v) is 4.67. The van der Waals surface area contributed by atoms with E-state index < -0.39 is 10.0 Å². The molecule has 2 rings (SSSR count). The monoisotopic (exact) mass is 300 g/mol. The molecule has 6 heteroatoms. The van der Waals surface area contributed by atoms with Crippen LogP contribution in [0.15, 0.2) is 23.1 Å². The van der Waals surface area contributed by atoms with Gasteiger partial charge in [0.2, 0.25) is 10.0 Å². The van der Waals surface area contributed by atoms with Gasteiger partial charge in [-0.05, 0) is 42.7 Å². The highest BCUT2D eigenvalue weighted by Gasteiger charge is 2.22. The Kier molecular flexibility index (Phi) is 4.76. The Bertz CT molecular complexity index is 538. The fourth-order valence-electron chi connectivity index (χ4n) is 2.18. The number of rotatable bonds is 4. The molecule has 1 aromatic rings. The van der Waals surface area contributed by atoms with Crippen molar-refractivity contribution in [3.63, 3.8) is 0 Å². The Hall–Kier alpha value is -0.720. The molecule has 1 saturated heterocycles. The van der Waals surface area contributed by atoms with E-state index in [1.165, 1.54) is 0 Å². The topological polar surface area (TPSA) is 72.2 Å². The molecular weight excluding hydrogens is 280 g/mol. The van der Waals surface area contributed by atoms with Crippen molar-refractivity contribution in [2.24, 2.45) is 0 Å². The van der Waals surface area contributed by atoms with Gasteiger partial charge in [0.1, 0.15) is 0 Å². The van der Waals surface area contributed by atoms with Crippen LogP contribution in [0.3, 0.4) is 0 Å². The molecule has 4 nitrogen and oxygen atoms in total. The first kappa shape index (κ1) is 14.7. The summed E-state index contributed by atoms with van der Waals surface area (Å²) in [4.78, 5) is 0.262. The summed E-state index contributed by atoms with van der Waals surface area (Å²) in [5.41, 5.74) is 7.39. The van der Waals surface area contributed by atoms with Crippen molar-refractivity contribution in [3.05, 3.63) is 23.8 Å². The molecule has 0 aliphatic carbocycles. The molecule has 0 bridgehead atoms. The van der Waals surface area contributed by atoms with Gasteiger partial charge in [-0.1, -0.05) is 13.0 Å². The first-order valence-electron chi connectivity index (χ1n) is 6.51. The fraction of sp³-hybridized carbons (Fsp3) is 0.538. The van der Waals surface area contributed by atoms with Crippen molar-refractivity contribution in [2.75, 3.05) is 17.2 Å². The normalized spacial score (nSPS) is 20.4. The average molecular weight is 300 g/mol. The van der Waals surface area contributed by atoms with Crippen LogP contribution in [0.5, 0.6) is 0 Å². The maximum atomic E-state index is 12.3. The number of nitrogens with two attached hydrogens (primary N) is 1. The first-order chi connectivity index (χ1) is 9.03. The highest BCUT2D eigenvalue weighted by molar-refractivity contribution is 7.99. The maximum absolute atomic E-state index is 12.3. The third-order valence-electron chi connectivity index (χ3n) is 3.29. The van der Waals surface area contributed by atoms with E-state index in [0.717, 1.165) is 36.3 Å². The maximum Gasteiger partial charge on any atom is 0.240 e. The van der Waals surface area contributed by atoms with E-state index in [0.29, 0.717) is 5.69 Å². The molecule has 1 atom stereocenters. The second-order valence-electron chi connectivity index (χ2n) is 4.75. The van der Waals surface area contributed by atoms with Gasteiger partial charge < -0.3 is 5.73 Å². The Morgan fingerprint density at radius 1 is 1.47 bits per heavy atom. The van der Waals surface area contributed by atoms with Gasteiger partial charge in [-0.25, -0.2) is 13.1 Å². The van der Waals surface area contributed by atoms with E-state index in [4.69, 9.17) is 5.73 Å². The van der Waals surface area contributed by atoms with Gasteiger partial charge in [-0.3, -0.25) is 0 Å². The molecule has 0 saturated carbocycles. The molecular formula is C13H20N2O2S2. The predicted molar refractivity (Wildman–Crippen MR) is 80.9 cm³/mol. The van der Waals surface area contributed by atoms with Crippen molar-refractivity contribution in [1.82, 2.24) is 4.72 Å². The summed E-state index contributed by atoms with van der Waals surface area (Å²) in [7, 11) is -3.45. The molecule has 1 heterocycles. The zero-order valence-corrected chi connectivity index (χ0v) is 12.7. The highest BCUT2D eigenvalue weighted by atomic mass is 32.2. The number of aryl methyl sites for hydroxylation is 1. The Labute approximate surface area is 119 Å². The van der Waals surface area contributed by atoms with Crippen molar-refractivity contribution in [3.8, 4) is 0 Å². The largest absolute Gasteiger partial charge is 0.398 e. The SMILES string of the molecule is CCc1ccc(S(=O)(=O)NC2CCCSC2)cc1N. The Balaban J connectivity index is 2.16. The van der Waals surface area contributed by atoms with Crippen LogP contribution in [-0.2, 0) is 16.4 Å². The van der Waals surface area contributed by atoms with Crippen LogP contribution in [0.2, 0.25) is 0 Å². The summed E-state index contributed by atoms with van der Waals surface area (Å²) < 4.78 is 27.3. The van der Waals surface area contributed by atoms with E-state index in [2.05, 4.69) is 4.72 Å². The molecule has 0 aromatic heterocycles. The number of hydrogen-bond acceptors (Lipinski definition) is 4. The second-order valence-corrected chi connectivity index (χ2v) is 7.61. The Morgan fingerprint density at radius 3 is 2.84 bits per heavy atom. The molecule has 1 fully saturated rings. The van der Waals surface area contributed by atoms with E-state index in [1.54, 1.807) is 30.0 Å². The van der Waals surface area contributed by atoms with E-state index in [9.17, 15) is 8.42 Å². The number of nitrogens with one attached hydrogen (secondary N) is 1. The van der Waals surface area contributed by atoms with Crippen LogP contribution < -0.4 is 10.5 Å². The molecule has 1 unspecified atom stereocenters.